The SMILES string of the molecule is C=CC(C)(CC)c1ccc(NC(=O)C2C(C(=O)O)CC(C(=O)NC(C)(C)CCCC)C2CC(=O)O)cc1. The molecule has 0 heterocycles. The van der Waals surface area contributed by atoms with E-state index in [0.717, 1.165) is 31.2 Å². The Labute approximate surface area is 219 Å². The highest BCUT2D eigenvalue weighted by Crippen LogP contribution is 2.45. The van der Waals surface area contributed by atoms with Crippen molar-refractivity contribution in [1.82, 2.24) is 5.32 Å². The van der Waals surface area contributed by atoms with E-state index in [4.69, 9.17) is 0 Å². The van der Waals surface area contributed by atoms with E-state index in [0.29, 0.717) is 5.69 Å². The van der Waals surface area contributed by atoms with Gasteiger partial charge < -0.3 is 20.8 Å². The number of allylic oxidation sites excluding steroid dienone is 1. The maximum Gasteiger partial charge on any atom is 0.307 e. The van der Waals surface area contributed by atoms with E-state index in [9.17, 15) is 29.4 Å². The van der Waals surface area contributed by atoms with Gasteiger partial charge in [-0.05, 0) is 56.7 Å². The number of anilines is 1. The second-order valence-corrected chi connectivity index (χ2v) is 11.1. The van der Waals surface area contributed by atoms with E-state index in [1.54, 1.807) is 12.1 Å². The number of carboxylic acid groups (broad SMARTS) is 2. The number of hydrogen-bond acceptors (Lipinski definition) is 4. The third kappa shape index (κ3) is 7.43. The number of carbonyl (C=O) groups is 4. The van der Waals surface area contributed by atoms with Crippen molar-refractivity contribution < 1.29 is 29.4 Å². The molecule has 37 heavy (non-hydrogen) atoms. The lowest BCUT2D eigenvalue weighted by atomic mass is 9.80. The van der Waals surface area contributed by atoms with Crippen molar-refractivity contribution in [2.45, 2.75) is 84.1 Å². The Morgan fingerprint density at radius 1 is 1.03 bits per heavy atom. The number of carboxylic acids is 2. The summed E-state index contributed by atoms with van der Waals surface area (Å²) in [6.07, 6.45) is 4.76. The third-order valence-electron chi connectivity index (χ3n) is 7.90. The first kappa shape index (κ1) is 30.1. The van der Waals surface area contributed by atoms with Gasteiger partial charge in [-0.2, -0.15) is 0 Å². The predicted octanol–water partition coefficient (Wildman–Crippen LogP) is 4.99. The molecule has 1 aromatic rings. The molecule has 1 aromatic carbocycles. The number of nitrogens with one attached hydrogen (secondary N) is 2. The second-order valence-electron chi connectivity index (χ2n) is 11.1. The van der Waals surface area contributed by atoms with Gasteiger partial charge in [-0.1, -0.05) is 51.8 Å². The molecular weight excluding hydrogens is 472 g/mol. The first-order valence-electron chi connectivity index (χ1n) is 13.1. The van der Waals surface area contributed by atoms with Crippen LogP contribution in [0.4, 0.5) is 5.69 Å². The fourth-order valence-electron chi connectivity index (χ4n) is 5.28. The maximum atomic E-state index is 13.4. The first-order valence-corrected chi connectivity index (χ1v) is 13.1. The Kier molecular flexibility index (Phi) is 10.1. The van der Waals surface area contributed by atoms with E-state index >= 15 is 0 Å². The molecule has 5 atom stereocenters. The van der Waals surface area contributed by atoms with Gasteiger partial charge in [0.2, 0.25) is 11.8 Å². The van der Waals surface area contributed by atoms with E-state index in [2.05, 4.69) is 31.1 Å². The number of amides is 2. The lowest BCUT2D eigenvalue weighted by Gasteiger charge is -2.30. The van der Waals surface area contributed by atoms with Crippen molar-refractivity contribution in [2.75, 3.05) is 5.32 Å². The molecule has 1 aliphatic rings. The average molecular weight is 515 g/mol. The molecule has 1 saturated carbocycles. The number of hydrogen-bond donors (Lipinski definition) is 4. The van der Waals surface area contributed by atoms with Gasteiger partial charge in [0.15, 0.2) is 0 Å². The molecule has 5 unspecified atom stereocenters. The Balaban J connectivity index is 2.31. The average Bonchev–Trinajstić information content (AvgIpc) is 3.21. The van der Waals surface area contributed by atoms with Crippen molar-refractivity contribution in [3.05, 3.63) is 42.5 Å². The molecule has 8 heteroatoms. The van der Waals surface area contributed by atoms with Gasteiger partial charge in [-0.25, -0.2) is 0 Å². The van der Waals surface area contributed by atoms with Gasteiger partial charge in [0, 0.05) is 29.0 Å². The van der Waals surface area contributed by atoms with Gasteiger partial charge >= 0.3 is 11.9 Å². The molecule has 0 radical (unpaired) electrons. The Morgan fingerprint density at radius 2 is 1.65 bits per heavy atom. The monoisotopic (exact) mass is 514 g/mol. The molecule has 0 aliphatic heterocycles. The van der Waals surface area contributed by atoms with Crippen LogP contribution in [0.15, 0.2) is 36.9 Å². The predicted molar refractivity (Wildman–Crippen MR) is 143 cm³/mol. The van der Waals surface area contributed by atoms with Crippen LogP contribution in [0.25, 0.3) is 0 Å². The van der Waals surface area contributed by atoms with Gasteiger partial charge in [-0.3, -0.25) is 19.2 Å². The lowest BCUT2D eigenvalue weighted by molar-refractivity contribution is -0.147. The lowest BCUT2D eigenvalue weighted by Crippen LogP contribution is -2.47. The van der Waals surface area contributed by atoms with Crippen LogP contribution >= 0.6 is 0 Å². The number of rotatable bonds is 13. The molecular formula is C29H42N2O6. The molecule has 4 N–H and O–H groups in total. The van der Waals surface area contributed by atoms with Crippen LogP contribution < -0.4 is 10.6 Å². The number of unbranched alkanes of at least 4 members (excludes halogenated alkanes) is 1. The summed E-state index contributed by atoms with van der Waals surface area (Å²) in [4.78, 5) is 50.5. The summed E-state index contributed by atoms with van der Waals surface area (Å²) in [5, 5.41) is 25.2. The fraction of sp³-hybridized carbons (Fsp3) is 0.586. The summed E-state index contributed by atoms with van der Waals surface area (Å²) >= 11 is 0. The largest absolute Gasteiger partial charge is 0.481 e. The molecule has 204 valence electrons. The third-order valence-corrected chi connectivity index (χ3v) is 7.90. The summed E-state index contributed by atoms with van der Waals surface area (Å²) in [5.74, 6) is -7.53. The Bertz CT molecular complexity index is 1000. The van der Waals surface area contributed by atoms with E-state index in [-0.39, 0.29) is 11.8 Å². The molecule has 1 fully saturated rings. The molecule has 2 rings (SSSR count). The first-order chi connectivity index (χ1) is 17.3. The van der Waals surface area contributed by atoms with Gasteiger partial charge in [0.05, 0.1) is 11.8 Å². The fourth-order valence-corrected chi connectivity index (χ4v) is 5.28. The zero-order valence-electron chi connectivity index (χ0n) is 22.7. The number of benzene rings is 1. The number of aliphatic carboxylic acids is 2. The highest BCUT2D eigenvalue weighted by atomic mass is 16.4. The van der Waals surface area contributed by atoms with Crippen molar-refractivity contribution in [3.63, 3.8) is 0 Å². The van der Waals surface area contributed by atoms with E-state index in [1.165, 1.54) is 0 Å². The molecule has 0 spiro atoms. The van der Waals surface area contributed by atoms with Crippen molar-refractivity contribution >= 4 is 29.4 Å². The topological polar surface area (TPSA) is 133 Å². The van der Waals surface area contributed by atoms with Crippen LogP contribution in [-0.2, 0) is 24.6 Å². The second kappa shape index (κ2) is 12.4. The Hall–Kier alpha value is -3.16. The summed E-state index contributed by atoms with van der Waals surface area (Å²) in [6.45, 7) is 13.9. The number of carbonyl (C=O) groups excluding carboxylic acids is 2. The van der Waals surface area contributed by atoms with Crippen molar-refractivity contribution in [1.29, 1.82) is 0 Å². The van der Waals surface area contributed by atoms with E-state index in [1.807, 2.05) is 39.0 Å². The van der Waals surface area contributed by atoms with Crippen LogP contribution in [0.3, 0.4) is 0 Å². The summed E-state index contributed by atoms with van der Waals surface area (Å²) in [5.41, 5.74) is 0.752. The van der Waals surface area contributed by atoms with E-state index < -0.39 is 59.4 Å². The van der Waals surface area contributed by atoms with Crippen molar-refractivity contribution in [2.24, 2.45) is 23.7 Å². The molecule has 8 nitrogen and oxygen atoms in total. The van der Waals surface area contributed by atoms with Crippen LogP contribution in [0.5, 0.6) is 0 Å². The van der Waals surface area contributed by atoms with Gasteiger partial charge in [-0.15, -0.1) is 6.58 Å². The molecule has 2 amide bonds. The minimum Gasteiger partial charge on any atom is -0.481 e. The maximum absolute atomic E-state index is 13.4. The quantitative estimate of drug-likeness (QED) is 0.274. The molecule has 0 aromatic heterocycles. The minimum absolute atomic E-state index is 0.0891. The summed E-state index contributed by atoms with van der Waals surface area (Å²) in [6, 6.07) is 7.24. The summed E-state index contributed by atoms with van der Waals surface area (Å²) < 4.78 is 0. The molecule has 1 aliphatic carbocycles. The highest BCUT2D eigenvalue weighted by molar-refractivity contribution is 5.97. The smallest absolute Gasteiger partial charge is 0.307 e. The molecule has 0 bridgehead atoms. The molecule has 0 saturated heterocycles. The van der Waals surface area contributed by atoms with Crippen LogP contribution in [0, 0.1) is 23.7 Å². The van der Waals surface area contributed by atoms with Crippen LogP contribution in [0.1, 0.15) is 78.7 Å². The zero-order chi connectivity index (χ0) is 28.0. The minimum atomic E-state index is -1.21. The Morgan fingerprint density at radius 3 is 2.14 bits per heavy atom. The van der Waals surface area contributed by atoms with Crippen LogP contribution in [-0.4, -0.2) is 39.5 Å². The van der Waals surface area contributed by atoms with Crippen LogP contribution in [0.2, 0.25) is 0 Å². The van der Waals surface area contributed by atoms with Gasteiger partial charge in [0.1, 0.15) is 0 Å². The summed E-state index contributed by atoms with van der Waals surface area (Å²) in [7, 11) is 0. The highest BCUT2D eigenvalue weighted by Gasteiger charge is 2.53. The normalized spacial score (nSPS) is 23.1. The standard InChI is InChI=1S/C29H42N2O6/c1-7-10-15-28(4,5)31-25(34)21-16-22(27(36)37)24(20(21)17-23(32)33)26(35)30-19-13-11-18(12-14-19)29(6,8-2)9-3/h8,11-14,20-22,24H,2,7,9-10,15-17H2,1,3-6H3,(H,30,35)(H,31,34)(H,32,33)(H,36,37). The van der Waals surface area contributed by atoms with Gasteiger partial charge in [0.25, 0.3) is 0 Å². The van der Waals surface area contributed by atoms with Crippen molar-refractivity contribution in [3.8, 4) is 0 Å². The zero-order valence-corrected chi connectivity index (χ0v) is 22.7.